The van der Waals surface area contributed by atoms with Gasteiger partial charge in [-0.3, -0.25) is 14.4 Å². The molecule has 2 aromatic rings. The molecule has 160 valence electrons. The lowest BCUT2D eigenvalue weighted by Gasteiger charge is -2.13. The van der Waals surface area contributed by atoms with E-state index in [0.29, 0.717) is 29.1 Å². The second-order valence-electron chi connectivity index (χ2n) is 7.60. The number of methoxy groups -OCH3 is 1. The fourth-order valence-corrected chi connectivity index (χ4v) is 3.73. The molecule has 3 amide bonds. The fraction of sp³-hybridized carbons (Fsp3) is 0.304. The summed E-state index contributed by atoms with van der Waals surface area (Å²) in [7, 11) is 4.69. The van der Waals surface area contributed by atoms with E-state index in [4.69, 9.17) is 4.74 Å². The molecule has 0 atom stereocenters. The standard InChI is InChI=1S/C23H24N4O4/c1-24-21(28)13-6-7-15(19(10-13)31-3)14-8-16-17(9-14)20(27-22(29)12-4-5-12)26-11-18(16)23(30)25-2/h6-8,10-12H,4-5,9H2,1-3H3,(H,24,28)(H,25,30)(H,26,27,29). The lowest BCUT2D eigenvalue weighted by atomic mass is 10.0. The van der Waals surface area contributed by atoms with Crippen LogP contribution in [0.2, 0.25) is 0 Å². The molecule has 0 aliphatic heterocycles. The summed E-state index contributed by atoms with van der Waals surface area (Å²) in [5, 5.41) is 8.16. The van der Waals surface area contributed by atoms with Crippen LogP contribution in [0, 0.1) is 5.92 Å². The molecule has 1 aromatic heterocycles. The predicted octanol–water partition coefficient (Wildman–Crippen LogP) is 2.25. The Kier molecular flexibility index (Phi) is 5.46. The van der Waals surface area contributed by atoms with Crippen LogP contribution in [0.4, 0.5) is 5.82 Å². The van der Waals surface area contributed by atoms with E-state index < -0.39 is 0 Å². The van der Waals surface area contributed by atoms with Crippen LogP contribution < -0.4 is 20.7 Å². The third-order valence-corrected chi connectivity index (χ3v) is 5.61. The van der Waals surface area contributed by atoms with Gasteiger partial charge in [0.25, 0.3) is 11.8 Å². The van der Waals surface area contributed by atoms with Crippen molar-refractivity contribution in [3.05, 3.63) is 52.2 Å². The molecule has 0 unspecified atom stereocenters. The minimum atomic E-state index is -0.247. The van der Waals surface area contributed by atoms with Gasteiger partial charge in [0.2, 0.25) is 5.91 Å². The summed E-state index contributed by atoms with van der Waals surface area (Å²) in [6.45, 7) is 0. The minimum absolute atomic E-state index is 0.0386. The molecular weight excluding hydrogens is 396 g/mol. The van der Waals surface area contributed by atoms with Gasteiger partial charge in [0.05, 0.1) is 12.7 Å². The van der Waals surface area contributed by atoms with Gasteiger partial charge < -0.3 is 20.7 Å². The Hall–Kier alpha value is -3.68. The molecular formula is C23H24N4O4. The van der Waals surface area contributed by atoms with Gasteiger partial charge in [-0.15, -0.1) is 0 Å². The maximum absolute atomic E-state index is 12.4. The van der Waals surface area contributed by atoms with Crippen molar-refractivity contribution in [3.63, 3.8) is 0 Å². The zero-order valence-corrected chi connectivity index (χ0v) is 17.7. The third-order valence-electron chi connectivity index (χ3n) is 5.61. The molecule has 1 saturated carbocycles. The van der Waals surface area contributed by atoms with E-state index >= 15 is 0 Å². The Labute approximate surface area is 180 Å². The van der Waals surface area contributed by atoms with Crippen LogP contribution >= 0.6 is 0 Å². The summed E-state index contributed by atoms with van der Waals surface area (Å²) in [6.07, 6.45) is 5.67. The van der Waals surface area contributed by atoms with Crippen LogP contribution in [0.1, 0.15) is 50.2 Å². The molecule has 2 aliphatic rings. The van der Waals surface area contributed by atoms with Gasteiger partial charge in [0.15, 0.2) is 0 Å². The molecule has 0 radical (unpaired) electrons. The molecule has 8 nitrogen and oxygen atoms in total. The van der Waals surface area contributed by atoms with Crippen molar-refractivity contribution in [2.45, 2.75) is 19.3 Å². The van der Waals surface area contributed by atoms with Gasteiger partial charge in [-0.05, 0) is 42.2 Å². The van der Waals surface area contributed by atoms with Crippen LogP contribution in [0.5, 0.6) is 5.75 Å². The van der Waals surface area contributed by atoms with E-state index in [1.165, 1.54) is 6.20 Å². The Balaban J connectivity index is 1.74. The topological polar surface area (TPSA) is 109 Å². The van der Waals surface area contributed by atoms with Gasteiger partial charge in [-0.1, -0.05) is 6.07 Å². The van der Waals surface area contributed by atoms with E-state index in [1.54, 1.807) is 33.3 Å². The molecule has 1 heterocycles. The van der Waals surface area contributed by atoms with Crippen molar-refractivity contribution in [1.82, 2.24) is 15.6 Å². The van der Waals surface area contributed by atoms with E-state index in [2.05, 4.69) is 20.9 Å². The molecule has 1 aromatic carbocycles. The zero-order valence-electron chi connectivity index (χ0n) is 17.7. The number of carbonyl (C=O) groups is 3. The number of hydrogen-bond donors (Lipinski definition) is 3. The van der Waals surface area contributed by atoms with Crippen molar-refractivity contribution < 1.29 is 19.1 Å². The number of carbonyl (C=O) groups excluding carboxylic acids is 3. The van der Waals surface area contributed by atoms with Gasteiger partial charge in [-0.2, -0.15) is 0 Å². The summed E-state index contributed by atoms with van der Waals surface area (Å²) < 4.78 is 5.54. The van der Waals surface area contributed by atoms with Crippen LogP contribution in [0.3, 0.4) is 0 Å². The second kappa shape index (κ2) is 8.22. The Morgan fingerprint density at radius 3 is 2.48 bits per heavy atom. The first-order valence-corrected chi connectivity index (χ1v) is 10.1. The number of ether oxygens (including phenoxy) is 1. The number of allylic oxidation sites excluding steroid dienone is 1. The molecule has 1 fully saturated rings. The van der Waals surface area contributed by atoms with Crippen molar-refractivity contribution >= 4 is 35.2 Å². The Morgan fingerprint density at radius 1 is 1.10 bits per heavy atom. The van der Waals surface area contributed by atoms with E-state index in [9.17, 15) is 14.4 Å². The SMILES string of the molecule is CNC(=O)c1ccc(C2=Cc3c(C(=O)NC)cnc(NC(=O)C4CC4)c3C2)c(OC)c1. The highest BCUT2D eigenvalue weighted by molar-refractivity contribution is 6.05. The maximum Gasteiger partial charge on any atom is 0.253 e. The minimum Gasteiger partial charge on any atom is -0.496 e. The second-order valence-corrected chi connectivity index (χ2v) is 7.60. The Bertz CT molecular complexity index is 1120. The van der Waals surface area contributed by atoms with Crippen molar-refractivity contribution in [2.24, 2.45) is 5.92 Å². The van der Waals surface area contributed by atoms with E-state index in [1.807, 2.05) is 12.1 Å². The van der Waals surface area contributed by atoms with Crippen molar-refractivity contribution in [2.75, 3.05) is 26.5 Å². The van der Waals surface area contributed by atoms with Crippen LogP contribution in [0.25, 0.3) is 11.6 Å². The number of pyridine rings is 1. The number of aromatic nitrogens is 1. The molecule has 31 heavy (non-hydrogen) atoms. The molecule has 0 spiro atoms. The van der Waals surface area contributed by atoms with Gasteiger partial charge in [0.1, 0.15) is 11.6 Å². The van der Waals surface area contributed by atoms with Crippen LogP contribution in [0.15, 0.2) is 24.4 Å². The molecule has 4 rings (SSSR count). The smallest absolute Gasteiger partial charge is 0.253 e. The highest BCUT2D eigenvalue weighted by Gasteiger charge is 2.32. The normalized spacial score (nSPS) is 14.4. The van der Waals surface area contributed by atoms with Crippen molar-refractivity contribution in [1.29, 1.82) is 0 Å². The lowest BCUT2D eigenvalue weighted by molar-refractivity contribution is -0.117. The molecule has 3 N–H and O–H groups in total. The lowest BCUT2D eigenvalue weighted by Crippen LogP contribution is -2.21. The first kappa shape index (κ1) is 20.6. The first-order valence-electron chi connectivity index (χ1n) is 10.1. The first-order chi connectivity index (χ1) is 15.0. The van der Waals surface area contributed by atoms with Gasteiger partial charge >= 0.3 is 0 Å². The molecule has 2 aliphatic carbocycles. The molecule has 8 heteroatoms. The molecule has 0 saturated heterocycles. The summed E-state index contributed by atoms with van der Waals surface area (Å²) in [6, 6.07) is 5.25. The number of fused-ring (bicyclic) bond motifs is 1. The van der Waals surface area contributed by atoms with Crippen LogP contribution in [-0.4, -0.2) is 43.9 Å². The van der Waals surface area contributed by atoms with Crippen molar-refractivity contribution in [3.8, 4) is 5.75 Å². The number of rotatable bonds is 6. The number of anilines is 1. The Morgan fingerprint density at radius 2 is 1.84 bits per heavy atom. The van der Waals surface area contributed by atoms with Gasteiger partial charge in [0, 0.05) is 49.3 Å². The highest BCUT2D eigenvalue weighted by Crippen LogP contribution is 2.40. The largest absolute Gasteiger partial charge is 0.496 e. The maximum atomic E-state index is 12.4. The average molecular weight is 420 g/mol. The van der Waals surface area contributed by atoms with Gasteiger partial charge in [-0.25, -0.2) is 4.98 Å². The highest BCUT2D eigenvalue weighted by atomic mass is 16.5. The number of benzene rings is 1. The molecule has 0 bridgehead atoms. The zero-order chi connectivity index (χ0) is 22.1. The fourth-order valence-electron chi connectivity index (χ4n) is 3.73. The predicted molar refractivity (Wildman–Crippen MR) is 117 cm³/mol. The summed E-state index contributed by atoms with van der Waals surface area (Å²) >= 11 is 0. The summed E-state index contributed by atoms with van der Waals surface area (Å²) in [5.74, 6) is 0.587. The number of amides is 3. The summed E-state index contributed by atoms with van der Waals surface area (Å²) in [5.41, 5.74) is 4.18. The quantitative estimate of drug-likeness (QED) is 0.664. The number of nitrogens with one attached hydrogen (secondary N) is 3. The summed E-state index contributed by atoms with van der Waals surface area (Å²) in [4.78, 5) is 41.1. The number of hydrogen-bond acceptors (Lipinski definition) is 5. The van der Waals surface area contributed by atoms with Crippen LogP contribution in [-0.2, 0) is 11.2 Å². The monoisotopic (exact) mass is 420 g/mol. The third kappa shape index (κ3) is 3.88. The number of nitrogens with zero attached hydrogens (tertiary/aromatic N) is 1. The van der Waals surface area contributed by atoms with E-state index in [-0.39, 0.29) is 23.6 Å². The average Bonchev–Trinajstić information content (AvgIpc) is 3.56. The van der Waals surface area contributed by atoms with E-state index in [0.717, 1.165) is 35.1 Å².